The van der Waals surface area contributed by atoms with E-state index in [-0.39, 0.29) is 5.41 Å². The third-order valence-corrected chi connectivity index (χ3v) is 3.31. The average molecular weight is 315 g/mol. The number of hydrogen-bond acceptors (Lipinski definition) is 5. The summed E-state index contributed by atoms with van der Waals surface area (Å²) in [5.41, 5.74) is 2.90. The summed E-state index contributed by atoms with van der Waals surface area (Å²) in [4.78, 5) is 9.08. The minimum atomic E-state index is 0.163. The second-order valence-electron chi connectivity index (χ2n) is 6.70. The Kier molecular flexibility index (Phi) is 5.08. The van der Waals surface area contributed by atoms with E-state index in [9.17, 15) is 0 Å². The number of nitrogens with one attached hydrogen (secondary N) is 1. The van der Waals surface area contributed by atoms with E-state index < -0.39 is 0 Å². The first-order chi connectivity index (χ1) is 10.8. The first-order valence-electron chi connectivity index (χ1n) is 7.64. The van der Waals surface area contributed by atoms with Crippen molar-refractivity contribution >= 4 is 5.95 Å². The number of aryl methyl sites for hydroxylation is 1. The third-order valence-electron chi connectivity index (χ3n) is 3.31. The van der Waals surface area contributed by atoms with Crippen LogP contribution in [0.2, 0.25) is 0 Å². The first-order valence-corrected chi connectivity index (χ1v) is 7.64. The van der Waals surface area contributed by atoms with E-state index >= 15 is 0 Å². The molecule has 0 radical (unpaired) electrons. The van der Waals surface area contributed by atoms with Crippen molar-refractivity contribution in [2.75, 3.05) is 26.1 Å². The highest BCUT2D eigenvalue weighted by molar-refractivity contribution is 5.65. The van der Waals surface area contributed by atoms with E-state index in [1.807, 2.05) is 31.2 Å². The van der Waals surface area contributed by atoms with Crippen molar-refractivity contribution in [3.63, 3.8) is 0 Å². The van der Waals surface area contributed by atoms with Gasteiger partial charge in [-0.15, -0.1) is 0 Å². The molecule has 1 aromatic heterocycles. The Balaban J connectivity index is 2.34. The van der Waals surface area contributed by atoms with Gasteiger partial charge >= 0.3 is 0 Å². The van der Waals surface area contributed by atoms with Crippen molar-refractivity contribution in [3.05, 3.63) is 30.0 Å². The van der Waals surface area contributed by atoms with Gasteiger partial charge in [-0.25, -0.2) is 9.97 Å². The fraction of sp³-hybridized carbons (Fsp3) is 0.444. The Hall–Kier alpha value is -2.30. The normalized spacial score (nSPS) is 11.2. The standard InChI is InChI=1S/C18H25N3O2/c1-12-9-14(21-17(20-12)19-11-18(2,3)4)13-7-8-15(22-5)16(10-13)23-6/h7-10H,11H2,1-6H3,(H,19,20,21). The Morgan fingerprint density at radius 3 is 2.30 bits per heavy atom. The highest BCUT2D eigenvalue weighted by atomic mass is 16.5. The van der Waals surface area contributed by atoms with Gasteiger partial charge in [0, 0.05) is 17.8 Å². The second-order valence-corrected chi connectivity index (χ2v) is 6.70. The van der Waals surface area contributed by atoms with E-state index in [4.69, 9.17) is 9.47 Å². The van der Waals surface area contributed by atoms with Crippen LogP contribution in [0, 0.1) is 12.3 Å². The molecule has 2 aromatic rings. The fourth-order valence-corrected chi connectivity index (χ4v) is 2.14. The molecule has 0 atom stereocenters. The number of aromatic nitrogens is 2. The van der Waals surface area contributed by atoms with Crippen LogP contribution in [0.1, 0.15) is 26.5 Å². The minimum Gasteiger partial charge on any atom is -0.493 e. The third kappa shape index (κ3) is 4.58. The van der Waals surface area contributed by atoms with Crippen LogP contribution in [0.4, 0.5) is 5.95 Å². The molecule has 2 rings (SSSR count). The number of nitrogens with zero attached hydrogens (tertiary/aromatic N) is 2. The fourth-order valence-electron chi connectivity index (χ4n) is 2.14. The van der Waals surface area contributed by atoms with Crippen LogP contribution >= 0.6 is 0 Å². The molecular formula is C18H25N3O2. The number of rotatable bonds is 5. The molecule has 0 fully saturated rings. The zero-order valence-electron chi connectivity index (χ0n) is 14.7. The van der Waals surface area contributed by atoms with Crippen LogP contribution in [0.3, 0.4) is 0 Å². The molecule has 1 N–H and O–H groups in total. The van der Waals surface area contributed by atoms with Gasteiger partial charge in [-0.05, 0) is 36.6 Å². The molecule has 5 heteroatoms. The predicted molar refractivity (Wildman–Crippen MR) is 93.3 cm³/mol. The maximum Gasteiger partial charge on any atom is 0.223 e. The van der Waals surface area contributed by atoms with Crippen LogP contribution in [-0.4, -0.2) is 30.7 Å². The second kappa shape index (κ2) is 6.86. The van der Waals surface area contributed by atoms with Gasteiger partial charge in [-0.3, -0.25) is 0 Å². The molecule has 124 valence electrons. The monoisotopic (exact) mass is 315 g/mol. The number of hydrogen-bond donors (Lipinski definition) is 1. The highest BCUT2D eigenvalue weighted by Gasteiger charge is 2.12. The molecule has 5 nitrogen and oxygen atoms in total. The topological polar surface area (TPSA) is 56.3 Å². The summed E-state index contributed by atoms with van der Waals surface area (Å²) in [5, 5.41) is 3.31. The molecule has 0 amide bonds. The lowest BCUT2D eigenvalue weighted by Crippen LogP contribution is -2.20. The summed E-state index contributed by atoms with van der Waals surface area (Å²) in [5.74, 6) is 2.03. The van der Waals surface area contributed by atoms with Crippen molar-refractivity contribution in [1.82, 2.24) is 9.97 Å². The number of anilines is 1. The molecule has 0 saturated heterocycles. The highest BCUT2D eigenvalue weighted by Crippen LogP contribution is 2.32. The Morgan fingerprint density at radius 1 is 1.00 bits per heavy atom. The lowest BCUT2D eigenvalue weighted by Gasteiger charge is -2.19. The Labute approximate surface area is 138 Å². The van der Waals surface area contributed by atoms with Gasteiger partial charge in [0.1, 0.15) is 0 Å². The summed E-state index contributed by atoms with van der Waals surface area (Å²) in [7, 11) is 3.25. The molecule has 0 aliphatic carbocycles. The summed E-state index contributed by atoms with van der Waals surface area (Å²) >= 11 is 0. The Bertz CT molecular complexity index is 678. The maximum absolute atomic E-state index is 5.37. The van der Waals surface area contributed by atoms with E-state index in [0.29, 0.717) is 17.4 Å². The number of benzene rings is 1. The summed E-state index contributed by atoms with van der Waals surface area (Å²) in [6, 6.07) is 7.74. The average Bonchev–Trinajstić information content (AvgIpc) is 2.51. The van der Waals surface area contributed by atoms with Crippen molar-refractivity contribution in [2.24, 2.45) is 5.41 Å². The maximum atomic E-state index is 5.37. The molecule has 0 aliphatic rings. The van der Waals surface area contributed by atoms with E-state index in [2.05, 4.69) is 36.1 Å². The van der Waals surface area contributed by atoms with Crippen LogP contribution in [-0.2, 0) is 0 Å². The number of ether oxygens (including phenoxy) is 2. The molecule has 0 spiro atoms. The number of methoxy groups -OCH3 is 2. The van der Waals surface area contributed by atoms with Crippen molar-refractivity contribution in [3.8, 4) is 22.8 Å². The SMILES string of the molecule is COc1ccc(-c2cc(C)nc(NCC(C)(C)C)n2)cc1OC. The van der Waals surface area contributed by atoms with Crippen molar-refractivity contribution in [2.45, 2.75) is 27.7 Å². The van der Waals surface area contributed by atoms with Crippen LogP contribution < -0.4 is 14.8 Å². The lowest BCUT2D eigenvalue weighted by molar-refractivity contribution is 0.355. The quantitative estimate of drug-likeness (QED) is 0.906. The smallest absolute Gasteiger partial charge is 0.223 e. The van der Waals surface area contributed by atoms with Gasteiger partial charge in [0.2, 0.25) is 5.95 Å². The summed E-state index contributed by atoms with van der Waals surface area (Å²) in [6.07, 6.45) is 0. The molecule has 23 heavy (non-hydrogen) atoms. The first kappa shape index (κ1) is 17.1. The molecule has 0 bridgehead atoms. The van der Waals surface area contributed by atoms with Gasteiger partial charge in [-0.1, -0.05) is 20.8 Å². The van der Waals surface area contributed by atoms with Gasteiger partial charge in [0.15, 0.2) is 11.5 Å². The molecule has 0 aliphatic heterocycles. The zero-order valence-corrected chi connectivity index (χ0v) is 14.7. The van der Waals surface area contributed by atoms with Gasteiger partial charge in [0.25, 0.3) is 0 Å². The van der Waals surface area contributed by atoms with E-state index in [0.717, 1.165) is 23.5 Å². The van der Waals surface area contributed by atoms with Gasteiger partial charge in [-0.2, -0.15) is 0 Å². The predicted octanol–water partition coefficient (Wildman–Crippen LogP) is 3.93. The van der Waals surface area contributed by atoms with Gasteiger partial charge in [0.05, 0.1) is 19.9 Å². The Morgan fingerprint density at radius 2 is 1.70 bits per heavy atom. The van der Waals surface area contributed by atoms with Crippen molar-refractivity contribution in [1.29, 1.82) is 0 Å². The molecule has 1 aromatic carbocycles. The molecule has 0 saturated carbocycles. The molecular weight excluding hydrogens is 290 g/mol. The summed E-state index contributed by atoms with van der Waals surface area (Å²) < 4.78 is 10.6. The minimum absolute atomic E-state index is 0.163. The molecule has 0 unspecified atom stereocenters. The van der Waals surface area contributed by atoms with Crippen LogP contribution in [0.5, 0.6) is 11.5 Å². The zero-order chi connectivity index (χ0) is 17.0. The largest absolute Gasteiger partial charge is 0.493 e. The van der Waals surface area contributed by atoms with Crippen molar-refractivity contribution < 1.29 is 9.47 Å². The van der Waals surface area contributed by atoms with E-state index in [1.54, 1.807) is 14.2 Å². The van der Waals surface area contributed by atoms with Crippen LogP contribution in [0.25, 0.3) is 11.3 Å². The van der Waals surface area contributed by atoms with E-state index in [1.165, 1.54) is 0 Å². The van der Waals surface area contributed by atoms with Gasteiger partial charge < -0.3 is 14.8 Å². The van der Waals surface area contributed by atoms with Crippen LogP contribution in [0.15, 0.2) is 24.3 Å². The molecule has 1 heterocycles. The lowest BCUT2D eigenvalue weighted by atomic mass is 9.97. The summed E-state index contributed by atoms with van der Waals surface area (Å²) in [6.45, 7) is 9.29.